The van der Waals surface area contributed by atoms with Gasteiger partial charge in [-0.05, 0) is 38.5 Å². The maximum atomic E-state index is 12.7. The van der Waals surface area contributed by atoms with Crippen molar-refractivity contribution in [3.8, 4) is 5.82 Å². The maximum absolute atomic E-state index is 12.7. The largest absolute Gasteiger partial charge is 0.417 e. The molecule has 2 aromatic heterocycles. The topological polar surface area (TPSA) is 86.2 Å². The number of aliphatic imine (C=N–C) groups is 1. The van der Waals surface area contributed by atoms with E-state index < -0.39 is 23.0 Å². The standard InChI is InChI=1S/C15H16F3N5O/c1-9-6-10(15(16,17)18)7-20-12(9)23-5-4-11(22-13(23)24)21-8-14(2,3)19/h4-8H,19H2,1-3H3. The Labute approximate surface area is 135 Å². The zero-order chi connectivity index (χ0) is 18.1. The fourth-order valence-electron chi connectivity index (χ4n) is 1.83. The highest BCUT2D eigenvalue weighted by Gasteiger charge is 2.31. The van der Waals surface area contributed by atoms with E-state index in [9.17, 15) is 18.0 Å². The van der Waals surface area contributed by atoms with Crippen molar-refractivity contribution in [2.75, 3.05) is 0 Å². The Kier molecular flexibility index (Phi) is 4.57. The molecule has 0 aliphatic heterocycles. The molecule has 0 aromatic carbocycles. The lowest BCUT2D eigenvalue weighted by atomic mass is 10.1. The molecular weight excluding hydrogens is 323 g/mol. The first-order valence-electron chi connectivity index (χ1n) is 6.95. The van der Waals surface area contributed by atoms with E-state index in [4.69, 9.17) is 5.73 Å². The van der Waals surface area contributed by atoms with Crippen molar-refractivity contribution in [3.05, 3.63) is 46.1 Å². The summed E-state index contributed by atoms with van der Waals surface area (Å²) in [6, 6.07) is 2.38. The van der Waals surface area contributed by atoms with Crippen molar-refractivity contribution in [1.29, 1.82) is 0 Å². The molecule has 2 N–H and O–H groups in total. The third kappa shape index (κ3) is 4.25. The second-order valence-corrected chi connectivity index (χ2v) is 5.88. The van der Waals surface area contributed by atoms with Crippen LogP contribution in [0.1, 0.15) is 25.0 Å². The Bertz CT molecular complexity index is 834. The van der Waals surface area contributed by atoms with E-state index in [1.807, 2.05) is 0 Å². The number of nitrogens with two attached hydrogens (primary N) is 1. The van der Waals surface area contributed by atoms with E-state index in [0.717, 1.165) is 10.6 Å². The fourth-order valence-corrected chi connectivity index (χ4v) is 1.83. The van der Waals surface area contributed by atoms with Gasteiger partial charge in [-0.1, -0.05) is 0 Å². The molecule has 9 heteroatoms. The summed E-state index contributed by atoms with van der Waals surface area (Å²) in [6.07, 6.45) is -1.01. The van der Waals surface area contributed by atoms with E-state index >= 15 is 0 Å². The lowest BCUT2D eigenvalue weighted by Gasteiger charge is -2.12. The van der Waals surface area contributed by atoms with E-state index in [1.54, 1.807) is 13.8 Å². The van der Waals surface area contributed by atoms with Gasteiger partial charge in [0, 0.05) is 24.1 Å². The van der Waals surface area contributed by atoms with Crippen molar-refractivity contribution in [2.45, 2.75) is 32.5 Å². The molecule has 0 unspecified atom stereocenters. The normalized spacial score (nSPS) is 12.8. The van der Waals surface area contributed by atoms with Gasteiger partial charge in [0.05, 0.1) is 5.56 Å². The molecule has 0 bridgehead atoms. The monoisotopic (exact) mass is 339 g/mol. The van der Waals surface area contributed by atoms with Crippen molar-refractivity contribution in [3.63, 3.8) is 0 Å². The molecule has 0 saturated heterocycles. The summed E-state index contributed by atoms with van der Waals surface area (Å²) < 4.78 is 39.1. The molecule has 0 saturated carbocycles. The second-order valence-electron chi connectivity index (χ2n) is 5.88. The Balaban J connectivity index is 2.41. The van der Waals surface area contributed by atoms with Gasteiger partial charge < -0.3 is 5.73 Å². The molecule has 2 rings (SSSR count). The van der Waals surface area contributed by atoms with Crippen molar-refractivity contribution in [2.24, 2.45) is 10.7 Å². The molecule has 24 heavy (non-hydrogen) atoms. The van der Waals surface area contributed by atoms with Gasteiger partial charge in [0.15, 0.2) is 5.82 Å². The van der Waals surface area contributed by atoms with Crippen LogP contribution in [-0.2, 0) is 6.18 Å². The van der Waals surface area contributed by atoms with Gasteiger partial charge in [-0.25, -0.2) is 14.8 Å². The van der Waals surface area contributed by atoms with Crippen LogP contribution >= 0.6 is 0 Å². The first kappa shape index (κ1) is 17.8. The third-order valence-electron chi connectivity index (χ3n) is 2.92. The highest BCUT2D eigenvalue weighted by atomic mass is 19.4. The summed E-state index contributed by atoms with van der Waals surface area (Å²) in [7, 11) is 0. The van der Waals surface area contributed by atoms with Crippen molar-refractivity contribution >= 4 is 12.0 Å². The maximum Gasteiger partial charge on any atom is 0.417 e. The number of alkyl halides is 3. The van der Waals surface area contributed by atoms with E-state index in [2.05, 4.69) is 15.0 Å². The van der Waals surface area contributed by atoms with Crippen LogP contribution in [-0.4, -0.2) is 26.3 Å². The van der Waals surface area contributed by atoms with Gasteiger partial charge in [0.1, 0.15) is 5.82 Å². The number of rotatable bonds is 3. The summed E-state index contributed by atoms with van der Waals surface area (Å²) in [5, 5.41) is 0. The number of hydrogen-bond acceptors (Lipinski definition) is 5. The molecule has 0 fully saturated rings. The molecule has 0 spiro atoms. The first-order chi connectivity index (χ1) is 11.0. The molecule has 0 amide bonds. The van der Waals surface area contributed by atoms with Gasteiger partial charge in [0.25, 0.3) is 0 Å². The Morgan fingerprint density at radius 3 is 2.50 bits per heavy atom. The zero-order valence-electron chi connectivity index (χ0n) is 13.3. The summed E-state index contributed by atoms with van der Waals surface area (Å²) >= 11 is 0. The lowest BCUT2D eigenvalue weighted by molar-refractivity contribution is -0.137. The number of nitrogens with zero attached hydrogens (tertiary/aromatic N) is 4. The predicted molar refractivity (Wildman–Crippen MR) is 83.8 cm³/mol. The van der Waals surface area contributed by atoms with Crippen LogP contribution in [0.3, 0.4) is 0 Å². The van der Waals surface area contributed by atoms with E-state index in [-0.39, 0.29) is 17.2 Å². The van der Waals surface area contributed by atoms with Gasteiger partial charge in [-0.2, -0.15) is 18.2 Å². The van der Waals surface area contributed by atoms with E-state index in [0.29, 0.717) is 6.20 Å². The molecular formula is C15H16F3N5O. The minimum Gasteiger partial charge on any atom is -0.321 e. The van der Waals surface area contributed by atoms with Crippen LogP contribution in [0.15, 0.2) is 34.3 Å². The van der Waals surface area contributed by atoms with Crippen LogP contribution in [0.25, 0.3) is 5.82 Å². The van der Waals surface area contributed by atoms with Gasteiger partial charge in [0.2, 0.25) is 0 Å². The highest BCUT2D eigenvalue weighted by Crippen LogP contribution is 2.29. The molecule has 6 nitrogen and oxygen atoms in total. The fraction of sp³-hybridized carbons (Fsp3) is 0.333. The van der Waals surface area contributed by atoms with Crippen LogP contribution in [0, 0.1) is 6.92 Å². The molecule has 2 aromatic rings. The van der Waals surface area contributed by atoms with E-state index in [1.165, 1.54) is 25.4 Å². The summed E-state index contributed by atoms with van der Waals surface area (Å²) in [4.78, 5) is 23.6. The average molecular weight is 339 g/mol. The van der Waals surface area contributed by atoms with Crippen LogP contribution in [0.5, 0.6) is 0 Å². The first-order valence-corrected chi connectivity index (χ1v) is 6.95. The number of halogens is 3. The Morgan fingerprint density at radius 2 is 2.00 bits per heavy atom. The minimum atomic E-state index is -4.49. The lowest BCUT2D eigenvalue weighted by Crippen LogP contribution is -2.33. The second kappa shape index (κ2) is 6.16. The zero-order valence-corrected chi connectivity index (χ0v) is 13.3. The Morgan fingerprint density at radius 1 is 1.33 bits per heavy atom. The van der Waals surface area contributed by atoms with Crippen LogP contribution in [0.2, 0.25) is 0 Å². The number of aromatic nitrogens is 3. The molecule has 0 atom stereocenters. The molecule has 0 radical (unpaired) electrons. The third-order valence-corrected chi connectivity index (χ3v) is 2.92. The predicted octanol–water partition coefficient (Wildman–Crippen LogP) is 2.39. The van der Waals surface area contributed by atoms with Gasteiger partial charge in [-0.15, -0.1) is 0 Å². The molecule has 2 heterocycles. The quantitative estimate of drug-likeness (QED) is 0.870. The average Bonchev–Trinajstić information content (AvgIpc) is 2.44. The number of hydrogen-bond donors (Lipinski definition) is 1. The summed E-state index contributed by atoms with van der Waals surface area (Å²) in [6.45, 7) is 4.90. The number of pyridine rings is 1. The SMILES string of the molecule is Cc1cc(C(F)(F)F)cnc1-n1ccc(N=CC(C)(C)N)nc1=O. The van der Waals surface area contributed by atoms with Gasteiger partial charge >= 0.3 is 11.9 Å². The summed E-state index contributed by atoms with van der Waals surface area (Å²) in [5.74, 6) is 0.231. The van der Waals surface area contributed by atoms with Crippen LogP contribution in [0.4, 0.5) is 19.0 Å². The molecule has 0 aliphatic carbocycles. The molecule has 0 aliphatic rings. The van der Waals surface area contributed by atoms with Gasteiger partial charge in [-0.3, -0.25) is 4.57 Å². The smallest absolute Gasteiger partial charge is 0.321 e. The molecule has 128 valence electrons. The van der Waals surface area contributed by atoms with Crippen molar-refractivity contribution < 1.29 is 13.2 Å². The van der Waals surface area contributed by atoms with Crippen LogP contribution < -0.4 is 11.4 Å². The highest BCUT2D eigenvalue weighted by molar-refractivity contribution is 5.71. The number of aryl methyl sites for hydroxylation is 1. The minimum absolute atomic E-state index is 0.0789. The summed E-state index contributed by atoms with van der Waals surface area (Å²) in [5.41, 5.74) is 3.71. The van der Waals surface area contributed by atoms with Crippen molar-refractivity contribution in [1.82, 2.24) is 14.5 Å². The Hall–Kier alpha value is -2.55.